The highest BCUT2D eigenvalue weighted by molar-refractivity contribution is 5.91. The first kappa shape index (κ1) is 42.6. The van der Waals surface area contributed by atoms with Gasteiger partial charge in [0.1, 0.15) is 36.6 Å². The largest absolute Gasteiger partial charge is 0.387 e. The first-order chi connectivity index (χ1) is 25.9. The molecule has 12 atom stereocenters. The van der Waals surface area contributed by atoms with Gasteiger partial charge < -0.3 is 71.6 Å². The van der Waals surface area contributed by atoms with Crippen LogP contribution in [-0.4, -0.2) is 171 Å². The minimum absolute atomic E-state index is 0.0565. The zero-order valence-corrected chi connectivity index (χ0v) is 28.3. The maximum absolute atomic E-state index is 12.4. The minimum atomic E-state index is -2.32. The van der Waals surface area contributed by atoms with Crippen LogP contribution < -0.4 is 43.8 Å². The second kappa shape index (κ2) is 18.4. The number of hydrogen-bond donors (Lipinski definition) is 14. The van der Waals surface area contributed by atoms with E-state index in [-0.39, 0.29) is 19.5 Å². The molecule has 2 fully saturated rings. The number of H-pyrrole nitrogens is 2. The number of aliphatic hydroxyl groups is 8. The van der Waals surface area contributed by atoms with E-state index in [9.17, 15) is 79.2 Å². The number of nitrogens with one attached hydrogen (secondary N) is 6. The number of hydrogen-bond acceptors (Lipinski definition) is 18. The van der Waals surface area contributed by atoms with E-state index in [0.717, 1.165) is 33.7 Å². The van der Waals surface area contributed by atoms with Crippen molar-refractivity contribution in [1.82, 2.24) is 40.4 Å². The number of aromatic amines is 2. The number of nitrogens with zero attached hydrogens (tertiary/aromatic N) is 2. The monoisotopic (exact) mass is 788 g/mol. The van der Waals surface area contributed by atoms with Gasteiger partial charge in [-0.25, -0.2) is 9.59 Å². The van der Waals surface area contributed by atoms with Crippen molar-refractivity contribution in [2.24, 2.45) is 0 Å². The second-order valence-corrected chi connectivity index (χ2v) is 12.3. The van der Waals surface area contributed by atoms with Crippen LogP contribution in [0, 0.1) is 0 Å². The number of rotatable bonds is 16. The first-order valence-corrected chi connectivity index (χ1v) is 16.4. The normalized spacial score (nSPS) is 27.1. The molecule has 304 valence electrons. The van der Waals surface area contributed by atoms with Crippen molar-refractivity contribution in [3.8, 4) is 0 Å². The summed E-state index contributed by atoms with van der Waals surface area (Å²) in [5.74, 6) is -4.99. The molecule has 0 aromatic carbocycles. The van der Waals surface area contributed by atoms with Crippen molar-refractivity contribution >= 4 is 23.6 Å². The van der Waals surface area contributed by atoms with Gasteiger partial charge in [-0.15, -0.1) is 0 Å². The summed E-state index contributed by atoms with van der Waals surface area (Å²) in [5, 5.41) is 90.1. The van der Waals surface area contributed by atoms with E-state index in [1.165, 1.54) is 0 Å². The molecule has 2 saturated heterocycles. The molecule has 14 N–H and O–H groups in total. The zero-order chi connectivity index (χ0) is 40.7. The highest BCUT2D eigenvalue weighted by Gasteiger charge is 2.46. The van der Waals surface area contributed by atoms with E-state index in [1.54, 1.807) is 0 Å². The number of aromatic nitrogens is 4. The van der Waals surface area contributed by atoms with Crippen LogP contribution in [0.2, 0.25) is 0 Å². The van der Waals surface area contributed by atoms with E-state index in [0.29, 0.717) is 0 Å². The molecule has 2 aromatic heterocycles. The molecule has 2 aliphatic rings. The van der Waals surface area contributed by atoms with E-state index >= 15 is 0 Å². The fourth-order valence-corrected chi connectivity index (χ4v) is 5.42. The Labute approximate surface area is 306 Å². The number of ether oxygens (including phenoxy) is 2. The molecule has 55 heavy (non-hydrogen) atoms. The molecule has 26 nitrogen and oxygen atoms in total. The lowest BCUT2D eigenvalue weighted by Gasteiger charge is -2.20. The molecule has 4 amide bonds. The van der Waals surface area contributed by atoms with Gasteiger partial charge in [-0.05, 0) is 6.42 Å². The number of aliphatic hydroxyl groups excluding tert-OH is 8. The van der Waals surface area contributed by atoms with Crippen molar-refractivity contribution in [2.75, 3.05) is 26.2 Å². The molecular weight excluding hydrogens is 748 g/mol. The quantitative estimate of drug-likeness (QED) is 0.0702. The molecule has 0 unspecified atom stereocenters. The van der Waals surface area contributed by atoms with Crippen molar-refractivity contribution in [1.29, 1.82) is 0 Å². The van der Waals surface area contributed by atoms with Crippen LogP contribution in [-0.2, 0) is 28.7 Å². The van der Waals surface area contributed by atoms with Crippen LogP contribution in [0.4, 0.5) is 0 Å². The van der Waals surface area contributed by atoms with E-state index < -0.39 is 133 Å². The molecule has 0 aliphatic carbocycles. The smallest absolute Gasteiger partial charge is 0.330 e. The van der Waals surface area contributed by atoms with Gasteiger partial charge in [0.15, 0.2) is 36.9 Å². The first-order valence-electron chi connectivity index (χ1n) is 16.4. The third-order valence-electron chi connectivity index (χ3n) is 8.50. The van der Waals surface area contributed by atoms with Crippen LogP contribution >= 0.6 is 0 Å². The van der Waals surface area contributed by atoms with Crippen molar-refractivity contribution in [2.45, 2.75) is 79.9 Å². The third kappa shape index (κ3) is 10.1. The summed E-state index contributed by atoms with van der Waals surface area (Å²) in [6.07, 6.45) is -19.4. The Morgan fingerprint density at radius 1 is 0.582 bits per heavy atom. The van der Waals surface area contributed by atoms with Gasteiger partial charge in [0.2, 0.25) is 0 Å². The van der Waals surface area contributed by atoms with Crippen LogP contribution in [0.1, 0.15) is 18.9 Å². The fraction of sp³-hybridized carbons (Fsp3) is 0.586. The molecule has 2 aromatic rings. The van der Waals surface area contributed by atoms with Crippen molar-refractivity contribution < 1.29 is 69.5 Å². The standard InChI is InChI=1S/C29H40N8O18/c38-12-2-6-36(28(52)34-12)26-20(46)14(40)10(54-26)8-32-24(50)18(44)16(42)22(48)30-4-1-5-31-23(49)17(43)19(45)25(51)33-9-11-15(41)21(47)27(55-11)37-7-3-13(39)35-29(37)53/h2-3,6-7,10-11,14-21,26-27,40-47H,1,4-5,8-9H2,(H,30,48)(H,31,49)(H,32,50)(H,33,51)(H,34,38,52)(H,35,39,53)/t10-,11-,14-,15-,16+,17+,18+,19+,20-,21-,26-,27-/m1/s1. The maximum atomic E-state index is 12.4. The molecule has 0 radical (unpaired) electrons. The Morgan fingerprint density at radius 3 is 1.24 bits per heavy atom. The van der Waals surface area contributed by atoms with Crippen molar-refractivity contribution in [3.05, 3.63) is 66.2 Å². The molecule has 0 spiro atoms. The van der Waals surface area contributed by atoms with Gasteiger partial charge in [0, 0.05) is 50.7 Å². The molecule has 0 saturated carbocycles. The lowest BCUT2D eigenvalue weighted by Crippen LogP contribution is -2.52. The van der Waals surface area contributed by atoms with E-state index in [4.69, 9.17) is 9.47 Å². The summed E-state index contributed by atoms with van der Waals surface area (Å²) in [6.45, 7) is -1.61. The van der Waals surface area contributed by atoms with E-state index in [1.807, 2.05) is 9.97 Å². The molecule has 4 heterocycles. The number of carbonyl (C=O) groups is 4. The van der Waals surface area contributed by atoms with Crippen molar-refractivity contribution in [3.63, 3.8) is 0 Å². The SMILES string of the molecule is O=C(NCCCNC(=O)[C@@H](O)[C@H](O)C(=O)NC[C@H]1O[C@@H](n2ccc(=O)[nH]c2=O)[C@H](O)[C@@H]1O)[C@@H](O)[C@H](O)C(=O)NC[C@H]1O[C@@H](n2ccc(=O)[nH]c2=O)[C@H](O)[C@@H]1O. The molecule has 26 heteroatoms. The predicted molar refractivity (Wildman–Crippen MR) is 175 cm³/mol. The predicted octanol–water partition coefficient (Wildman–Crippen LogP) is -10.4. The Kier molecular flexibility index (Phi) is 14.3. The fourth-order valence-electron chi connectivity index (χ4n) is 5.42. The van der Waals surface area contributed by atoms with Crippen LogP contribution in [0.15, 0.2) is 43.7 Å². The average molecular weight is 789 g/mol. The molecule has 2 aliphatic heterocycles. The lowest BCUT2D eigenvalue weighted by molar-refractivity contribution is -0.146. The zero-order valence-electron chi connectivity index (χ0n) is 28.3. The maximum Gasteiger partial charge on any atom is 0.330 e. The van der Waals surface area contributed by atoms with Gasteiger partial charge in [0.05, 0.1) is 0 Å². The van der Waals surface area contributed by atoms with Gasteiger partial charge in [-0.2, -0.15) is 0 Å². The number of amides is 4. The summed E-state index contributed by atoms with van der Waals surface area (Å²) in [5.41, 5.74) is -3.34. The Hall–Kier alpha value is -5.16. The van der Waals surface area contributed by atoms with Crippen LogP contribution in [0.25, 0.3) is 0 Å². The van der Waals surface area contributed by atoms with Gasteiger partial charge >= 0.3 is 11.4 Å². The summed E-state index contributed by atoms with van der Waals surface area (Å²) < 4.78 is 12.4. The Bertz CT molecular complexity index is 1800. The third-order valence-corrected chi connectivity index (χ3v) is 8.50. The number of carbonyl (C=O) groups excluding carboxylic acids is 4. The van der Waals surface area contributed by atoms with Gasteiger partial charge in [-0.3, -0.25) is 47.9 Å². The average Bonchev–Trinajstić information content (AvgIpc) is 3.59. The Balaban J connectivity index is 1.13. The highest BCUT2D eigenvalue weighted by Crippen LogP contribution is 2.29. The van der Waals surface area contributed by atoms with Gasteiger partial charge in [0.25, 0.3) is 34.7 Å². The lowest BCUT2D eigenvalue weighted by atomic mass is 10.1. The van der Waals surface area contributed by atoms with E-state index in [2.05, 4.69) is 21.3 Å². The molecule has 4 rings (SSSR count). The molecular formula is C29H40N8O18. The Morgan fingerprint density at radius 2 is 0.909 bits per heavy atom. The topological polar surface area (TPSA) is 406 Å². The van der Waals surface area contributed by atoms with Crippen LogP contribution in [0.5, 0.6) is 0 Å². The minimum Gasteiger partial charge on any atom is -0.387 e. The summed E-state index contributed by atoms with van der Waals surface area (Å²) in [4.78, 5) is 99.7. The summed E-state index contributed by atoms with van der Waals surface area (Å²) in [6, 6.07) is 1.94. The van der Waals surface area contributed by atoms with Crippen LogP contribution in [0.3, 0.4) is 0 Å². The summed E-state index contributed by atoms with van der Waals surface area (Å²) >= 11 is 0. The van der Waals surface area contributed by atoms with Gasteiger partial charge in [-0.1, -0.05) is 0 Å². The second-order valence-electron chi connectivity index (χ2n) is 12.3. The highest BCUT2D eigenvalue weighted by atomic mass is 16.6. The molecule has 0 bridgehead atoms. The summed E-state index contributed by atoms with van der Waals surface area (Å²) in [7, 11) is 0.